The van der Waals surface area contributed by atoms with Gasteiger partial charge < -0.3 is 19.5 Å². The molecule has 0 saturated heterocycles. The molecule has 1 atom stereocenters. The zero-order valence-corrected chi connectivity index (χ0v) is 10.9. The first-order valence-electron chi connectivity index (χ1n) is 5.64. The molecule has 0 heterocycles. The number of ether oxygens (including phenoxy) is 3. The third-order valence-electron chi connectivity index (χ3n) is 2.73. The monoisotopic (exact) mass is 239 g/mol. The summed E-state index contributed by atoms with van der Waals surface area (Å²) in [6, 6.07) is 8.25. The van der Waals surface area contributed by atoms with Crippen molar-refractivity contribution in [3.63, 3.8) is 0 Å². The van der Waals surface area contributed by atoms with E-state index in [1.165, 1.54) is 5.56 Å². The van der Waals surface area contributed by atoms with Crippen LogP contribution in [0.15, 0.2) is 24.3 Å². The van der Waals surface area contributed by atoms with E-state index in [4.69, 9.17) is 14.2 Å². The van der Waals surface area contributed by atoms with E-state index in [2.05, 4.69) is 12.2 Å². The van der Waals surface area contributed by atoms with Gasteiger partial charge in [0.05, 0.1) is 7.11 Å². The van der Waals surface area contributed by atoms with E-state index in [0.29, 0.717) is 6.54 Å². The van der Waals surface area contributed by atoms with Gasteiger partial charge in [-0.1, -0.05) is 12.1 Å². The molecule has 1 aromatic carbocycles. The van der Waals surface area contributed by atoms with Crippen molar-refractivity contribution in [3.05, 3.63) is 29.8 Å². The Morgan fingerprint density at radius 2 is 1.65 bits per heavy atom. The summed E-state index contributed by atoms with van der Waals surface area (Å²) in [5, 5.41) is 3.35. The van der Waals surface area contributed by atoms with Gasteiger partial charge in [-0.15, -0.1) is 0 Å². The molecule has 1 rings (SSSR count). The Morgan fingerprint density at radius 1 is 1.06 bits per heavy atom. The number of nitrogens with one attached hydrogen (secondary N) is 1. The average Bonchev–Trinajstić information content (AvgIpc) is 2.39. The lowest BCUT2D eigenvalue weighted by molar-refractivity contribution is -0.0997. The van der Waals surface area contributed by atoms with E-state index in [1.54, 1.807) is 21.3 Å². The van der Waals surface area contributed by atoms with Crippen LogP contribution in [0.25, 0.3) is 0 Å². The van der Waals surface area contributed by atoms with Crippen molar-refractivity contribution >= 4 is 0 Å². The summed E-state index contributed by atoms with van der Waals surface area (Å²) in [5.41, 5.74) is 1.21. The molecule has 0 aliphatic carbocycles. The van der Waals surface area contributed by atoms with Crippen LogP contribution in [0.4, 0.5) is 0 Å². The van der Waals surface area contributed by atoms with E-state index in [9.17, 15) is 0 Å². The molecule has 96 valence electrons. The van der Waals surface area contributed by atoms with E-state index < -0.39 is 0 Å². The molecule has 4 nitrogen and oxygen atoms in total. The van der Waals surface area contributed by atoms with Gasteiger partial charge in [0.2, 0.25) is 0 Å². The molecular weight excluding hydrogens is 218 g/mol. The van der Waals surface area contributed by atoms with Gasteiger partial charge in [-0.2, -0.15) is 0 Å². The van der Waals surface area contributed by atoms with Crippen LogP contribution in [0.1, 0.15) is 18.5 Å². The molecule has 1 N–H and O–H groups in total. The lowest BCUT2D eigenvalue weighted by Crippen LogP contribution is -2.31. The van der Waals surface area contributed by atoms with Gasteiger partial charge in [0, 0.05) is 26.8 Å². The first-order chi connectivity index (χ1) is 8.21. The zero-order chi connectivity index (χ0) is 12.7. The second-order valence-corrected chi connectivity index (χ2v) is 3.80. The Balaban J connectivity index is 2.48. The molecule has 0 bridgehead atoms. The number of hydrogen-bond acceptors (Lipinski definition) is 4. The van der Waals surface area contributed by atoms with Gasteiger partial charge in [-0.05, 0) is 24.6 Å². The molecule has 0 aromatic heterocycles. The van der Waals surface area contributed by atoms with Crippen molar-refractivity contribution in [2.24, 2.45) is 0 Å². The summed E-state index contributed by atoms with van der Waals surface area (Å²) in [6.45, 7) is 2.75. The quantitative estimate of drug-likeness (QED) is 0.738. The Kier molecular flexibility index (Phi) is 5.97. The van der Waals surface area contributed by atoms with Crippen molar-refractivity contribution in [3.8, 4) is 5.75 Å². The van der Waals surface area contributed by atoms with Crippen molar-refractivity contribution in [2.75, 3.05) is 27.9 Å². The van der Waals surface area contributed by atoms with E-state index >= 15 is 0 Å². The Bertz CT molecular complexity index is 309. The van der Waals surface area contributed by atoms with Gasteiger partial charge in [0.25, 0.3) is 0 Å². The summed E-state index contributed by atoms with van der Waals surface area (Å²) in [7, 11) is 4.93. The van der Waals surface area contributed by atoms with Gasteiger partial charge in [-0.25, -0.2) is 0 Å². The van der Waals surface area contributed by atoms with Crippen LogP contribution in [-0.2, 0) is 9.47 Å². The maximum Gasteiger partial charge on any atom is 0.169 e. The molecule has 4 heteroatoms. The minimum Gasteiger partial charge on any atom is -0.497 e. The standard InChI is InChI=1S/C13H21NO3/c1-10(14-9-13(16-3)17-4)11-5-7-12(15-2)8-6-11/h5-8,10,13-14H,9H2,1-4H3/t10-/m1/s1. The minimum atomic E-state index is -0.212. The smallest absolute Gasteiger partial charge is 0.169 e. The Labute approximate surface area is 103 Å². The Morgan fingerprint density at radius 3 is 2.12 bits per heavy atom. The van der Waals surface area contributed by atoms with E-state index in [0.717, 1.165) is 5.75 Å². The molecule has 0 spiro atoms. The highest BCUT2D eigenvalue weighted by molar-refractivity contribution is 5.28. The molecule has 0 aliphatic heterocycles. The average molecular weight is 239 g/mol. The van der Waals surface area contributed by atoms with Gasteiger partial charge in [0.15, 0.2) is 6.29 Å². The summed E-state index contributed by atoms with van der Waals surface area (Å²) in [4.78, 5) is 0. The third-order valence-corrected chi connectivity index (χ3v) is 2.73. The highest BCUT2D eigenvalue weighted by Crippen LogP contribution is 2.17. The summed E-state index contributed by atoms with van der Waals surface area (Å²) >= 11 is 0. The van der Waals surface area contributed by atoms with Crippen LogP contribution in [0, 0.1) is 0 Å². The van der Waals surface area contributed by atoms with Gasteiger partial charge in [0.1, 0.15) is 5.75 Å². The molecule has 0 aliphatic rings. The molecule has 0 radical (unpaired) electrons. The highest BCUT2D eigenvalue weighted by Gasteiger charge is 2.09. The van der Waals surface area contributed by atoms with Crippen molar-refractivity contribution in [2.45, 2.75) is 19.3 Å². The number of hydrogen-bond donors (Lipinski definition) is 1. The fraction of sp³-hybridized carbons (Fsp3) is 0.538. The molecule has 17 heavy (non-hydrogen) atoms. The van der Waals surface area contributed by atoms with Crippen LogP contribution in [0.3, 0.4) is 0 Å². The second kappa shape index (κ2) is 7.27. The predicted octanol–water partition coefficient (Wildman–Crippen LogP) is 1.96. The maximum absolute atomic E-state index is 5.12. The zero-order valence-electron chi connectivity index (χ0n) is 10.9. The van der Waals surface area contributed by atoms with Crippen LogP contribution >= 0.6 is 0 Å². The fourth-order valence-corrected chi connectivity index (χ4v) is 1.55. The number of rotatable bonds is 7. The first kappa shape index (κ1) is 14.0. The minimum absolute atomic E-state index is 0.212. The lowest BCUT2D eigenvalue weighted by Gasteiger charge is -2.19. The number of benzene rings is 1. The van der Waals surface area contributed by atoms with E-state index in [1.807, 2.05) is 24.3 Å². The van der Waals surface area contributed by atoms with Crippen LogP contribution in [0.5, 0.6) is 5.75 Å². The highest BCUT2D eigenvalue weighted by atomic mass is 16.7. The van der Waals surface area contributed by atoms with Crippen molar-refractivity contribution in [1.29, 1.82) is 0 Å². The predicted molar refractivity (Wildman–Crippen MR) is 67.2 cm³/mol. The van der Waals surface area contributed by atoms with Crippen LogP contribution in [0.2, 0.25) is 0 Å². The van der Waals surface area contributed by atoms with Crippen LogP contribution in [-0.4, -0.2) is 34.2 Å². The number of methoxy groups -OCH3 is 3. The molecule has 0 unspecified atom stereocenters. The van der Waals surface area contributed by atoms with Crippen LogP contribution < -0.4 is 10.1 Å². The first-order valence-corrected chi connectivity index (χ1v) is 5.64. The second-order valence-electron chi connectivity index (χ2n) is 3.80. The molecule has 1 aromatic rings. The lowest BCUT2D eigenvalue weighted by atomic mass is 10.1. The van der Waals surface area contributed by atoms with Crippen molar-refractivity contribution < 1.29 is 14.2 Å². The normalized spacial score (nSPS) is 12.8. The molecular formula is C13H21NO3. The summed E-state index contributed by atoms with van der Waals surface area (Å²) in [5.74, 6) is 0.868. The van der Waals surface area contributed by atoms with Gasteiger partial charge in [-0.3, -0.25) is 0 Å². The topological polar surface area (TPSA) is 39.7 Å². The van der Waals surface area contributed by atoms with E-state index in [-0.39, 0.29) is 12.3 Å². The maximum atomic E-state index is 5.12. The van der Waals surface area contributed by atoms with Crippen molar-refractivity contribution in [1.82, 2.24) is 5.32 Å². The summed E-state index contributed by atoms with van der Waals surface area (Å²) in [6.07, 6.45) is -0.212. The third kappa shape index (κ3) is 4.34. The molecule has 0 fully saturated rings. The SMILES string of the molecule is COc1ccc([C@@H](C)NCC(OC)OC)cc1. The molecule has 0 saturated carbocycles. The largest absolute Gasteiger partial charge is 0.497 e. The van der Waals surface area contributed by atoms with Gasteiger partial charge >= 0.3 is 0 Å². The molecule has 0 amide bonds. The summed E-state index contributed by atoms with van der Waals surface area (Å²) < 4.78 is 15.4. The fourth-order valence-electron chi connectivity index (χ4n) is 1.55. The Hall–Kier alpha value is -1.10.